The van der Waals surface area contributed by atoms with E-state index in [1.807, 2.05) is 24.4 Å². The van der Waals surface area contributed by atoms with Gasteiger partial charge < -0.3 is 11.1 Å². The minimum Gasteiger partial charge on any atom is -0.375 e. The number of benzene rings is 1. The number of hydrogen-bond donors (Lipinski definition) is 2. The molecular weight excluding hydrogens is 379 g/mol. The van der Waals surface area contributed by atoms with Gasteiger partial charge in [0.15, 0.2) is 5.13 Å². The normalized spacial score (nSPS) is 20.8. The Morgan fingerprint density at radius 1 is 1.36 bits per heavy atom. The third-order valence-electron chi connectivity index (χ3n) is 4.95. The molecule has 1 saturated heterocycles. The molecule has 2 aliphatic heterocycles. The van der Waals surface area contributed by atoms with Gasteiger partial charge in [0, 0.05) is 28.3 Å². The Bertz CT molecular complexity index is 774. The van der Waals surface area contributed by atoms with Crippen LogP contribution in [0.15, 0.2) is 24.4 Å². The van der Waals surface area contributed by atoms with Crippen molar-refractivity contribution in [2.24, 2.45) is 5.92 Å². The van der Waals surface area contributed by atoms with Crippen molar-refractivity contribution in [3.8, 4) is 0 Å². The maximum absolute atomic E-state index is 12.4. The van der Waals surface area contributed by atoms with E-state index in [0.29, 0.717) is 16.1 Å². The summed E-state index contributed by atoms with van der Waals surface area (Å²) < 4.78 is 0. The topological polar surface area (TPSA) is 71.2 Å². The molecule has 0 aliphatic carbocycles. The zero-order valence-electron chi connectivity index (χ0n) is 13.6. The molecule has 0 spiro atoms. The average molecular weight is 399 g/mol. The quantitative estimate of drug-likeness (QED) is 0.825. The molecule has 25 heavy (non-hydrogen) atoms. The van der Waals surface area contributed by atoms with Crippen LogP contribution in [0.2, 0.25) is 5.02 Å². The number of carbonyl (C=O) groups is 1. The van der Waals surface area contributed by atoms with Crippen LogP contribution in [0, 0.1) is 5.92 Å². The fourth-order valence-corrected chi connectivity index (χ4v) is 4.69. The number of aromatic nitrogens is 1. The maximum Gasteiger partial charge on any atom is 0.232 e. The van der Waals surface area contributed by atoms with Crippen LogP contribution >= 0.6 is 35.3 Å². The first-order valence-electron chi connectivity index (χ1n) is 8.13. The number of nitrogens with one attached hydrogen (secondary N) is 1. The van der Waals surface area contributed by atoms with E-state index in [1.54, 1.807) is 11.3 Å². The van der Waals surface area contributed by atoms with Gasteiger partial charge >= 0.3 is 0 Å². The van der Waals surface area contributed by atoms with Gasteiger partial charge in [-0.05, 0) is 49.5 Å². The summed E-state index contributed by atoms with van der Waals surface area (Å²) in [5.74, 6) is 0.453. The molecule has 1 amide bonds. The van der Waals surface area contributed by atoms with Crippen molar-refractivity contribution in [3.63, 3.8) is 0 Å². The second-order valence-corrected chi connectivity index (χ2v) is 8.06. The average Bonchev–Trinajstić information content (AvgIpc) is 3.10. The highest BCUT2D eigenvalue weighted by atomic mass is 35.5. The second-order valence-electron chi connectivity index (χ2n) is 6.48. The van der Waals surface area contributed by atoms with Gasteiger partial charge in [-0.1, -0.05) is 17.7 Å². The van der Waals surface area contributed by atoms with Crippen LogP contribution in [0.5, 0.6) is 0 Å². The molecule has 0 radical (unpaired) electrons. The number of nitrogens with zero attached hydrogens (tertiary/aromatic N) is 2. The predicted molar refractivity (Wildman–Crippen MR) is 105 cm³/mol. The van der Waals surface area contributed by atoms with E-state index in [9.17, 15) is 4.79 Å². The molecule has 5 nitrogen and oxygen atoms in total. The zero-order valence-corrected chi connectivity index (χ0v) is 16.0. The molecular formula is C17H20Cl2N4OS. The molecule has 134 valence electrons. The SMILES string of the molecule is Cl.Nc1ncc(CN2CCC(C3C(=O)Nc4cc(Cl)ccc43)CC2)s1. The van der Waals surface area contributed by atoms with E-state index in [-0.39, 0.29) is 24.2 Å². The van der Waals surface area contributed by atoms with Gasteiger partial charge in [-0.25, -0.2) is 4.98 Å². The van der Waals surface area contributed by atoms with Crippen LogP contribution in [0.3, 0.4) is 0 Å². The molecule has 1 unspecified atom stereocenters. The molecule has 0 bridgehead atoms. The molecule has 1 aromatic carbocycles. The van der Waals surface area contributed by atoms with Gasteiger partial charge in [-0.15, -0.1) is 23.7 Å². The first-order chi connectivity index (χ1) is 11.6. The molecule has 3 heterocycles. The van der Waals surface area contributed by atoms with Gasteiger partial charge in [-0.2, -0.15) is 0 Å². The smallest absolute Gasteiger partial charge is 0.232 e. The summed E-state index contributed by atoms with van der Waals surface area (Å²) in [6.45, 7) is 2.88. The molecule has 1 aromatic heterocycles. The lowest BCUT2D eigenvalue weighted by Crippen LogP contribution is -2.36. The largest absolute Gasteiger partial charge is 0.375 e. The molecule has 8 heteroatoms. The highest BCUT2D eigenvalue weighted by Gasteiger charge is 2.38. The van der Waals surface area contributed by atoms with Gasteiger partial charge in [-0.3, -0.25) is 9.69 Å². The van der Waals surface area contributed by atoms with E-state index in [4.69, 9.17) is 17.3 Å². The first-order valence-corrected chi connectivity index (χ1v) is 9.32. The van der Waals surface area contributed by atoms with Crippen LogP contribution in [0.4, 0.5) is 10.8 Å². The number of thiazole rings is 1. The predicted octanol–water partition coefficient (Wildman–Crippen LogP) is 3.75. The van der Waals surface area contributed by atoms with E-state index in [1.165, 1.54) is 4.88 Å². The zero-order chi connectivity index (χ0) is 16.7. The van der Waals surface area contributed by atoms with Crippen LogP contribution in [0.1, 0.15) is 29.2 Å². The number of amides is 1. The number of fused-ring (bicyclic) bond motifs is 1. The van der Waals surface area contributed by atoms with Crippen molar-refractivity contribution < 1.29 is 4.79 Å². The molecule has 0 saturated carbocycles. The summed E-state index contributed by atoms with van der Waals surface area (Å²) >= 11 is 7.58. The number of carbonyl (C=O) groups excluding carboxylic acids is 1. The van der Waals surface area contributed by atoms with Crippen molar-refractivity contribution in [3.05, 3.63) is 39.9 Å². The fourth-order valence-electron chi connectivity index (χ4n) is 3.79. The first kappa shape index (κ1) is 18.5. The number of nitrogens with two attached hydrogens (primary N) is 1. The molecule has 2 aromatic rings. The van der Waals surface area contributed by atoms with Crippen molar-refractivity contribution >= 4 is 52.1 Å². The standard InChI is InChI=1S/C17H19ClN4OS.ClH/c18-11-1-2-13-14(7-11)21-16(23)15(13)10-3-5-22(6-4-10)9-12-8-20-17(19)24-12;/h1-2,7-8,10,15H,3-6,9H2,(H2,19,20)(H,21,23);1H. The minimum atomic E-state index is -0.0431. The Morgan fingerprint density at radius 3 is 2.80 bits per heavy atom. The summed E-state index contributed by atoms with van der Waals surface area (Å²) in [6.07, 6.45) is 3.90. The molecule has 3 N–H and O–H groups in total. The number of hydrogen-bond acceptors (Lipinski definition) is 5. The van der Waals surface area contributed by atoms with E-state index >= 15 is 0 Å². The molecule has 1 fully saturated rings. The second kappa shape index (κ2) is 7.50. The lowest BCUT2D eigenvalue weighted by atomic mass is 9.81. The van der Waals surface area contributed by atoms with Gasteiger partial charge in [0.1, 0.15) is 0 Å². The lowest BCUT2D eigenvalue weighted by molar-refractivity contribution is -0.118. The van der Waals surface area contributed by atoms with Crippen LogP contribution in [0.25, 0.3) is 0 Å². The summed E-state index contributed by atoms with van der Waals surface area (Å²) in [7, 11) is 0. The molecule has 1 atom stereocenters. The van der Waals surface area contributed by atoms with Crippen molar-refractivity contribution in [2.75, 3.05) is 24.1 Å². The third-order valence-corrected chi connectivity index (χ3v) is 5.99. The van der Waals surface area contributed by atoms with Crippen LogP contribution in [-0.2, 0) is 11.3 Å². The lowest BCUT2D eigenvalue weighted by Gasteiger charge is -2.33. The Hall–Kier alpha value is -1.34. The summed E-state index contributed by atoms with van der Waals surface area (Å²) in [6, 6.07) is 5.71. The maximum atomic E-state index is 12.4. The van der Waals surface area contributed by atoms with E-state index in [2.05, 4.69) is 15.2 Å². The van der Waals surface area contributed by atoms with E-state index in [0.717, 1.165) is 43.7 Å². The summed E-state index contributed by atoms with van der Waals surface area (Å²) in [5, 5.41) is 4.27. The fraction of sp³-hybridized carbons (Fsp3) is 0.412. The Kier molecular flexibility index (Phi) is 5.53. The van der Waals surface area contributed by atoms with Gasteiger partial charge in [0.05, 0.1) is 5.92 Å². The number of rotatable bonds is 3. The third kappa shape index (κ3) is 3.77. The Morgan fingerprint density at radius 2 is 2.12 bits per heavy atom. The van der Waals surface area contributed by atoms with Crippen molar-refractivity contribution in [1.29, 1.82) is 0 Å². The summed E-state index contributed by atoms with van der Waals surface area (Å²) in [5.41, 5.74) is 7.67. The number of anilines is 2. The van der Waals surface area contributed by atoms with Crippen LogP contribution in [-0.4, -0.2) is 28.9 Å². The number of likely N-dealkylation sites (tertiary alicyclic amines) is 1. The Labute approximate surface area is 162 Å². The van der Waals surface area contributed by atoms with E-state index < -0.39 is 0 Å². The van der Waals surface area contributed by atoms with Crippen molar-refractivity contribution in [2.45, 2.75) is 25.3 Å². The number of piperidine rings is 1. The Balaban J connectivity index is 0.00000182. The molecule has 2 aliphatic rings. The number of nitrogen functional groups attached to an aromatic ring is 1. The monoisotopic (exact) mass is 398 g/mol. The summed E-state index contributed by atoms with van der Waals surface area (Å²) in [4.78, 5) is 20.2. The number of halogens is 2. The molecule has 4 rings (SSSR count). The minimum absolute atomic E-state index is 0. The highest BCUT2D eigenvalue weighted by Crippen LogP contribution is 2.42. The van der Waals surface area contributed by atoms with Gasteiger partial charge in [0.25, 0.3) is 0 Å². The highest BCUT2D eigenvalue weighted by molar-refractivity contribution is 7.15. The van der Waals surface area contributed by atoms with Crippen molar-refractivity contribution in [1.82, 2.24) is 9.88 Å². The van der Waals surface area contributed by atoms with Crippen LogP contribution < -0.4 is 11.1 Å². The van der Waals surface area contributed by atoms with Gasteiger partial charge in [0.2, 0.25) is 5.91 Å².